The average molecular weight is 223 g/mol. The highest BCUT2D eigenvalue weighted by molar-refractivity contribution is 5.28. The lowest BCUT2D eigenvalue weighted by atomic mass is 10.0. The van der Waals surface area contributed by atoms with Crippen LogP contribution >= 0.6 is 0 Å². The van der Waals surface area contributed by atoms with E-state index in [1.807, 2.05) is 0 Å². The van der Waals surface area contributed by atoms with Gasteiger partial charge < -0.3 is 0 Å². The molecule has 1 radical (unpaired) electrons. The monoisotopic (exact) mass is 223 g/mol. The molecule has 0 aliphatic rings. The largest absolute Gasteiger partial charge is 0.0622 e. The van der Waals surface area contributed by atoms with Crippen molar-refractivity contribution >= 4 is 0 Å². The van der Waals surface area contributed by atoms with Crippen LogP contribution in [0.5, 0.6) is 0 Å². The molecule has 17 heavy (non-hydrogen) atoms. The van der Waals surface area contributed by atoms with Crippen molar-refractivity contribution in [2.75, 3.05) is 0 Å². The van der Waals surface area contributed by atoms with E-state index in [-0.39, 0.29) is 0 Å². The van der Waals surface area contributed by atoms with Crippen LogP contribution in [0.25, 0.3) is 0 Å². The maximum atomic E-state index is 2.28. The number of rotatable bonds is 5. The van der Waals surface area contributed by atoms with Crippen molar-refractivity contribution in [1.82, 2.24) is 0 Å². The van der Waals surface area contributed by atoms with Gasteiger partial charge in [0, 0.05) is 0 Å². The van der Waals surface area contributed by atoms with Gasteiger partial charge in [-0.05, 0) is 42.4 Å². The van der Waals surface area contributed by atoms with Crippen LogP contribution in [0.4, 0.5) is 0 Å². The minimum atomic E-state index is 1.16. The van der Waals surface area contributed by atoms with Crippen LogP contribution in [-0.4, -0.2) is 0 Å². The van der Waals surface area contributed by atoms with Crippen molar-refractivity contribution in [2.45, 2.75) is 26.2 Å². The van der Waals surface area contributed by atoms with E-state index in [0.29, 0.717) is 0 Å². The van der Waals surface area contributed by atoms with Gasteiger partial charge in [0.25, 0.3) is 0 Å². The normalized spacial score (nSPS) is 10.4. The van der Waals surface area contributed by atoms with Gasteiger partial charge in [-0.1, -0.05) is 61.5 Å². The zero-order chi connectivity index (χ0) is 11.9. The molecule has 0 aromatic heterocycles. The molecule has 0 nitrogen and oxygen atoms in total. The van der Waals surface area contributed by atoms with Gasteiger partial charge in [0.1, 0.15) is 0 Å². The summed E-state index contributed by atoms with van der Waals surface area (Å²) in [6.07, 6.45) is 5.70. The molecule has 2 aromatic carbocycles. The van der Waals surface area contributed by atoms with Gasteiger partial charge in [-0.25, -0.2) is 0 Å². The van der Waals surface area contributed by atoms with Crippen LogP contribution in [0, 0.1) is 6.42 Å². The van der Waals surface area contributed by atoms with Crippen LogP contribution in [-0.2, 0) is 12.8 Å². The lowest BCUT2D eigenvalue weighted by molar-refractivity contribution is 0.820. The van der Waals surface area contributed by atoms with E-state index >= 15 is 0 Å². The Balaban J connectivity index is 1.86. The Morgan fingerprint density at radius 3 is 2.29 bits per heavy atom. The number of hydrogen-bond acceptors (Lipinski definition) is 0. The lowest BCUT2D eigenvalue weighted by Crippen LogP contribution is -1.90. The van der Waals surface area contributed by atoms with E-state index in [1.165, 1.54) is 29.5 Å². The summed E-state index contributed by atoms with van der Waals surface area (Å²) in [5.74, 6) is 0. The molecule has 0 bridgehead atoms. The molecule has 0 atom stereocenters. The predicted molar refractivity (Wildman–Crippen MR) is 74.0 cm³/mol. The van der Waals surface area contributed by atoms with Crippen molar-refractivity contribution in [3.63, 3.8) is 0 Å². The van der Waals surface area contributed by atoms with Gasteiger partial charge in [-0.3, -0.25) is 0 Å². The van der Waals surface area contributed by atoms with Crippen LogP contribution < -0.4 is 0 Å². The van der Waals surface area contributed by atoms with E-state index in [9.17, 15) is 0 Å². The van der Waals surface area contributed by atoms with Crippen molar-refractivity contribution < 1.29 is 0 Å². The molecular formula is C17H19. The SMILES string of the molecule is C[CH]c1cccc(CCCc2ccccc2)c1. The molecule has 0 saturated carbocycles. The summed E-state index contributed by atoms with van der Waals surface area (Å²) in [6, 6.07) is 19.5. The summed E-state index contributed by atoms with van der Waals surface area (Å²) in [7, 11) is 0. The summed E-state index contributed by atoms with van der Waals surface area (Å²) < 4.78 is 0. The third-order valence-electron chi connectivity index (χ3n) is 3.06. The Bertz CT molecular complexity index is 443. The summed E-state index contributed by atoms with van der Waals surface area (Å²) in [6.45, 7) is 2.09. The Labute approximate surface area is 104 Å². The van der Waals surface area contributed by atoms with Gasteiger partial charge in [0.05, 0.1) is 0 Å². The molecule has 2 aromatic rings. The van der Waals surface area contributed by atoms with Gasteiger partial charge >= 0.3 is 0 Å². The second-order valence-electron chi connectivity index (χ2n) is 4.37. The number of benzene rings is 2. The third-order valence-corrected chi connectivity index (χ3v) is 3.06. The molecule has 0 heterocycles. The first-order chi connectivity index (χ1) is 8.38. The highest BCUT2D eigenvalue weighted by Crippen LogP contribution is 2.11. The molecule has 0 amide bonds. The highest BCUT2D eigenvalue weighted by atomic mass is 14.0. The molecule has 0 saturated heterocycles. The minimum Gasteiger partial charge on any atom is -0.0622 e. The second-order valence-corrected chi connectivity index (χ2v) is 4.37. The molecule has 0 N–H and O–H groups in total. The fraction of sp³-hybridized carbons (Fsp3) is 0.235. The topological polar surface area (TPSA) is 0 Å². The smallest absolute Gasteiger partial charge is 0.0124 e. The molecule has 87 valence electrons. The van der Waals surface area contributed by atoms with Crippen molar-refractivity contribution in [1.29, 1.82) is 0 Å². The van der Waals surface area contributed by atoms with Gasteiger partial charge in [0.15, 0.2) is 0 Å². The molecule has 0 unspecified atom stereocenters. The van der Waals surface area contributed by atoms with E-state index < -0.39 is 0 Å². The first-order valence-corrected chi connectivity index (χ1v) is 6.31. The predicted octanol–water partition coefficient (Wildman–Crippen LogP) is 4.43. The second kappa shape index (κ2) is 6.24. The van der Waals surface area contributed by atoms with Gasteiger partial charge in [-0.2, -0.15) is 0 Å². The number of hydrogen-bond donors (Lipinski definition) is 0. The zero-order valence-corrected chi connectivity index (χ0v) is 10.4. The Morgan fingerprint density at radius 2 is 1.53 bits per heavy atom. The third kappa shape index (κ3) is 3.74. The summed E-state index contributed by atoms with van der Waals surface area (Å²) >= 11 is 0. The molecule has 0 aliphatic carbocycles. The molecular weight excluding hydrogens is 204 g/mol. The Morgan fingerprint density at radius 1 is 0.824 bits per heavy atom. The highest BCUT2D eigenvalue weighted by Gasteiger charge is 1.96. The van der Waals surface area contributed by atoms with Crippen LogP contribution in [0.3, 0.4) is 0 Å². The number of aryl methyl sites for hydroxylation is 2. The lowest BCUT2D eigenvalue weighted by Gasteiger charge is -2.04. The average Bonchev–Trinajstić information content (AvgIpc) is 2.40. The molecule has 0 spiro atoms. The fourth-order valence-corrected chi connectivity index (χ4v) is 2.07. The Kier molecular flexibility index (Phi) is 4.37. The standard InChI is InChI=1S/C17H19/c1-2-15-10-6-12-17(14-15)13-7-11-16-8-4-3-5-9-16/h2-6,8-10,12,14H,7,11,13H2,1H3. The fourth-order valence-electron chi connectivity index (χ4n) is 2.07. The van der Waals surface area contributed by atoms with Gasteiger partial charge in [-0.15, -0.1) is 0 Å². The van der Waals surface area contributed by atoms with Crippen LogP contribution in [0.1, 0.15) is 30.0 Å². The quantitative estimate of drug-likeness (QED) is 0.703. The zero-order valence-electron chi connectivity index (χ0n) is 10.4. The van der Waals surface area contributed by atoms with E-state index in [2.05, 4.69) is 67.9 Å². The molecule has 0 aliphatic heterocycles. The Hall–Kier alpha value is -1.56. The van der Waals surface area contributed by atoms with Crippen molar-refractivity contribution in [3.8, 4) is 0 Å². The summed E-state index contributed by atoms with van der Waals surface area (Å²) in [4.78, 5) is 0. The molecule has 0 heteroatoms. The van der Waals surface area contributed by atoms with E-state index in [0.717, 1.165) is 6.42 Å². The maximum absolute atomic E-state index is 2.28. The molecule has 2 rings (SSSR count). The van der Waals surface area contributed by atoms with Crippen LogP contribution in [0.2, 0.25) is 0 Å². The first kappa shape index (κ1) is 11.9. The minimum absolute atomic E-state index is 1.16. The van der Waals surface area contributed by atoms with Crippen LogP contribution in [0.15, 0.2) is 54.6 Å². The van der Waals surface area contributed by atoms with Crippen molar-refractivity contribution in [3.05, 3.63) is 77.7 Å². The summed E-state index contributed by atoms with van der Waals surface area (Å²) in [5, 5.41) is 0. The van der Waals surface area contributed by atoms with Gasteiger partial charge in [0.2, 0.25) is 0 Å². The summed E-state index contributed by atoms with van der Waals surface area (Å²) in [5.41, 5.74) is 4.20. The van der Waals surface area contributed by atoms with Crippen molar-refractivity contribution in [2.24, 2.45) is 0 Å². The maximum Gasteiger partial charge on any atom is -0.0124 e. The first-order valence-electron chi connectivity index (χ1n) is 6.31. The molecule has 0 fully saturated rings. The van der Waals surface area contributed by atoms with E-state index in [4.69, 9.17) is 0 Å². The van der Waals surface area contributed by atoms with E-state index in [1.54, 1.807) is 0 Å².